The first-order valence-corrected chi connectivity index (χ1v) is 5.82. The highest BCUT2D eigenvalue weighted by molar-refractivity contribution is 5.87. The van der Waals surface area contributed by atoms with Gasteiger partial charge in [-0.2, -0.15) is 0 Å². The van der Waals surface area contributed by atoms with E-state index in [9.17, 15) is 20.1 Å². The summed E-state index contributed by atoms with van der Waals surface area (Å²) in [6.45, 7) is -0.0745. The maximum absolute atomic E-state index is 10.8. The molecular weight excluding hydrogens is 254 g/mol. The lowest BCUT2D eigenvalue weighted by Crippen LogP contribution is -2.53. The van der Waals surface area contributed by atoms with Crippen LogP contribution < -0.4 is 0 Å². The van der Waals surface area contributed by atoms with Crippen molar-refractivity contribution in [2.45, 2.75) is 30.8 Å². The molecule has 1 fully saturated rings. The average molecular weight is 269 g/mol. The Balaban J connectivity index is 2.09. The number of aromatic carboxylic acids is 1. The molecule has 7 nitrogen and oxygen atoms in total. The number of pyridine rings is 1. The van der Waals surface area contributed by atoms with Crippen molar-refractivity contribution in [1.82, 2.24) is 4.98 Å². The second-order valence-electron chi connectivity index (χ2n) is 4.51. The molecule has 1 saturated heterocycles. The number of rotatable bonds is 3. The van der Waals surface area contributed by atoms with E-state index in [-0.39, 0.29) is 18.6 Å². The third-order valence-electron chi connectivity index (χ3n) is 3.08. The predicted molar refractivity (Wildman–Crippen MR) is 62.7 cm³/mol. The Morgan fingerprint density at radius 1 is 1.32 bits per heavy atom. The molecular formula is C12H15NO6. The van der Waals surface area contributed by atoms with Crippen molar-refractivity contribution in [2.75, 3.05) is 6.61 Å². The number of aliphatic hydroxyl groups excluding tert-OH is 3. The summed E-state index contributed by atoms with van der Waals surface area (Å²) in [6.07, 6.45) is -1.41. The fourth-order valence-corrected chi connectivity index (χ4v) is 2.00. The molecule has 1 aromatic rings. The first-order valence-electron chi connectivity index (χ1n) is 5.82. The Bertz CT molecular complexity index is 465. The van der Waals surface area contributed by atoms with E-state index in [0.717, 1.165) is 0 Å². The van der Waals surface area contributed by atoms with E-state index in [1.807, 2.05) is 0 Å². The summed E-state index contributed by atoms with van der Waals surface area (Å²) in [6, 6.07) is 1.43. The summed E-state index contributed by atoms with van der Waals surface area (Å²) < 4.78 is 5.24. The fraction of sp³-hybridized carbons (Fsp3) is 0.500. The minimum Gasteiger partial charge on any atom is -0.478 e. The number of hydrogen-bond acceptors (Lipinski definition) is 6. The third-order valence-corrected chi connectivity index (χ3v) is 3.08. The number of aliphatic hydroxyl groups is 3. The van der Waals surface area contributed by atoms with Crippen LogP contribution in [0, 0.1) is 0 Å². The van der Waals surface area contributed by atoms with E-state index in [1.54, 1.807) is 0 Å². The van der Waals surface area contributed by atoms with Crippen molar-refractivity contribution >= 4 is 5.97 Å². The van der Waals surface area contributed by atoms with Crippen LogP contribution in [0.25, 0.3) is 0 Å². The third kappa shape index (κ3) is 3.07. The second-order valence-corrected chi connectivity index (χ2v) is 4.51. The normalized spacial score (nSPS) is 31.1. The van der Waals surface area contributed by atoms with Gasteiger partial charge in [-0.1, -0.05) is 0 Å². The molecule has 0 aliphatic carbocycles. The van der Waals surface area contributed by atoms with Crippen LogP contribution in [-0.4, -0.2) is 62.4 Å². The summed E-state index contributed by atoms with van der Waals surface area (Å²) in [7, 11) is 0. The quantitative estimate of drug-likeness (QED) is 0.544. The van der Waals surface area contributed by atoms with Gasteiger partial charge in [-0.05, 0) is 11.6 Å². The van der Waals surface area contributed by atoms with Gasteiger partial charge in [-0.25, -0.2) is 4.79 Å². The SMILES string of the molecule is O=C(O)c1cncc(CC2OCC(O)C(O)C2O)c1. The molecule has 1 aromatic heterocycles. The number of carbonyl (C=O) groups is 1. The summed E-state index contributed by atoms with van der Waals surface area (Å²) in [4.78, 5) is 14.6. The Hall–Kier alpha value is -1.54. The monoisotopic (exact) mass is 269 g/mol. The van der Waals surface area contributed by atoms with E-state index in [0.29, 0.717) is 5.56 Å². The number of aromatic nitrogens is 1. The van der Waals surface area contributed by atoms with Crippen LogP contribution in [-0.2, 0) is 11.2 Å². The number of ether oxygens (including phenoxy) is 1. The first-order chi connectivity index (χ1) is 8.99. The standard InChI is InChI=1S/C12H15NO6/c14-8-5-19-9(11(16)10(8)15)2-6-1-7(12(17)18)4-13-3-6/h1,3-4,8-11,14-16H,2,5H2,(H,17,18). The zero-order chi connectivity index (χ0) is 14.0. The highest BCUT2D eigenvalue weighted by Gasteiger charge is 2.37. The highest BCUT2D eigenvalue weighted by Crippen LogP contribution is 2.19. The lowest BCUT2D eigenvalue weighted by Gasteiger charge is -2.35. The molecule has 4 N–H and O–H groups in total. The Labute approximate surface area is 109 Å². The van der Waals surface area contributed by atoms with Gasteiger partial charge in [0.25, 0.3) is 0 Å². The summed E-state index contributed by atoms with van der Waals surface area (Å²) >= 11 is 0. The molecule has 0 saturated carbocycles. The molecule has 0 radical (unpaired) electrons. The van der Waals surface area contributed by atoms with Crippen molar-refractivity contribution in [3.8, 4) is 0 Å². The average Bonchev–Trinajstić information content (AvgIpc) is 2.40. The number of carboxylic acids is 1. The smallest absolute Gasteiger partial charge is 0.337 e. The van der Waals surface area contributed by atoms with E-state index in [1.165, 1.54) is 18.5 Å². The molecule has 104 valence electrons. The molecule has 4 unspecified atom stereocenters. The van der Waals surface area contributed by atoms with Gasteiger partial charge in [0.15, 0.2) is 0 Å². The largest absolute Gasteiger partial charge is 0.478 e. The number of hydrogen-bond donors (Lipinski definition) is 4. The van der Waals surface area contributed by atoms with Crippen molar-refractivity contribution < 1.29 is 30.0 Å². The molecule has 19 heavy (non-hydrogen) atoms. The zero-order valence-electron chi connectivity index (χ0n) is 10.0. The van der Waals surface area contributed by atoms with E-state index < -0.39 is 30.4 Å². The first kappa shape index (κ1) is 13.9. The van der Waals surface area contributed by atoms with Crippen molar-refractivity contribution in [3.05, 3.63) is 29.6 Å². The van der Waals surface area contributed by atoms with Crippen molar-refractivity contribution in [2.24, 2.45) is 0 Å². The molecule has 0 spiro atoms. The van der Waals surface area contributed by atoms with Gasteiger partial charge in [-0.3, -0.25) is 4.98 Å². The Morgan fingerprint density at radius 2 is 2.05 bits per heavy atom. The molecule has 4 atom stereocenters. The lowest BCUT2D eigenvalue weighted by atomic mass is 9.95. The van der Waals surface area contributed by atoms with Crippen LogP contribution in [0.15, 0.2) is 18.5 Å². The van der Waals surface area contributed by atoms with Gasteiger partial charge >= 0.3 is 5.97 Å². The van der Waals surface area contributed by atoms with E-state index in [4.69, 9.17) is 9.84 Å². The van der Waals surface area contributed by atoms with Gasteiger partial charge in [0.2, 0.25) is 0 Å². The van der Waals surface area contributed by atoms with E-state index in [2.05, 4.69) is 4.98 Å². The molecule has 7 heteroatoms. The van der Waals surface area contributed by atoms with Gasteiger partial charge < -0.3 is 25.2 Å². The van der Waals surface area contributed by atoms with Crippen LogP contribution in [0.3, 0.4) is 0 Å². The topological polar surface area (TPSA) is 120 Å². The van der Waals surface area contributed by atoms with E-state index >= 15 is 0 Å². The molecule has 0 bridgehead atoms. The van der Waals surface area contributed by atoms with Gasteiger partial charge in [0.05, 0.1) is 18.3 Å². The Kier molecular flexibility index (Phi) is 4.11. The van der Waals surface area contributed by atoms with Gasteiger partial charge in [0.1, 0.15) is 18.3 Å². The Morgan fingerprint density at radius 3 is 2.74 bits per heavy atom. The predicted octanol–water partition coefficient (Wildman–Crippen LogP) is -1.20. The van der Waals surface area contributed by atoms with Crippen LogP contribution in [0.5, 0.6) is 0 Å². The second kappa shape index (κ2) is 5.62. The van der Waals surface area contributed by atoms with Crippen molar-refractivity contribution in [3.63, 3.8) is 0 Å². The minimum absolute atomic E-state index is 0.0448. The van der Waals surface area contributed by atoms with Crippen LogP contribution in [0.2, 0.25) is 0 Å². The molecule has 2 heterocycles. The zero-order valence-corrected chi connectivity index (χ0v) is 10.0. The molecule has 2 rings (SSSR count). The van der Waals surface area contributed by atoms with Gasteiger partial charge in [0, 0.05) is 18.8 Å². The van der Waals surface area contributed by atoms with Gasteiger partial charge in [-0.15, -0.1) is 0 Å². The minimum atomic E-state index is -1.27. The van der Waals surface area contributed by atoms with Crippen LogP contribution in [0.1, 0.15) is 15.9 Å². The number of nitrogens with zero attached hydrogens (tertiary/aromatic N) is 1. The maximum atomic E-state index is 10.8. The summed E-state index contributed by atoms with van der Waals surface area (Å²) in [5.41, 5.74) is 0.621. The summed E-state index contributed by atoms with van der Waals surface area (Å²) in [5.74, 6) is -1.09. The van der Waals surface area contributed by atoms with Crippen molar-refractivity contribution in [1.29, 1.82) is 0 Å². The highest BCUT2D eigenvalue weighted by atomic mass is 16.5. The fourth-order valence-electron chi connectivity index (χ4n) is 2.00. The summed E-state index contributed by atoms with van der Waals surface area (Å²) in [5, 5.41) is 37.5. The van der Waals surface area contributed by atoms with Crippen LogP contribution in [0.4, 0.5) is 0 Å². The molecule has 1 aliphatic rings. The number of carboxylic acid groups (broad SMARTS) is 1. The lowest BCUT2D eigenvalue weighted by molar-refractivity contribution is -0.186. The molecule has 0 aromatic carbocycles. The molecule has 1 aliphatic heterocycles. The van der Waals surface area contributed by atoms with Crippen LogP contribution >= 0.6 is 0 Å². The maximum Gasteiger partial charge on any atom is 0.337 e. The molecule has 0 amide bonds.